The molecule has 2 fully saturated rings. The Hall–Kier alpha value is -1.06. The van der Waals surface area contributed by atoms with E-state index in [1.807, 2.05) is 11.8 Å². The lowest BCUT2D eigenvalue weighted by Gasteiger charge is -2.44. The molecule has 102 valence electrons. The molecule has 2 heterocycles. The van der Waals surface area contributed by atoms with Gasteiger partial charge in [0.2, 0.25) is 11.8 Å². The molecule has 3 unspecified atom stereocenters. The lowest BCUT2D eigenvalue weighted by Crippen LogP contribution is -2.64. The molecule has 4 nitrogen and oxygen atoms in total. The van der Waals surface area contributed by atoms with Crippen molar-refractivity contribution in [2.24, 2.45) is 5.92 Å². The van der Waals surface area contributed by atoms with Crippen molar-refractivity contribution < 1.29 is 9.59 Å². The molecular formula is C14H24N2O2. The average Bonchev–Trinajstić information content (AvgIpc) is 2.74. The maximum Gasteiger partial charge on any atom is 0.246 e. The Morgan fingerprint density at radius 1 is 1.22 bits per heavy atom. The number of hydrogen-bond donors (Lipinski definition) is 0. The van der Waals surface area contributed by atoms with Crippen LogP contribution in [-0.4, -0.2) is 46.3 Å². The zero-order valence-corrected chi connectivity index (χ0v) is 11.8. The third kappa shape index (κ3) is 2.13. The molecule has 2 rings (SSSR count). The molecule has 2 aliphatic rings. The molecule has 0 N–H and O–H groups in total. The second-order valence-corrected chi connectivity index (χ2v) is 6.09. The van der Waals surface area contributed by atoms with Crippen LogP contribution in [0.3, 0.4) is 0 Å². The van der Waals surface area contributed by atoms with Gasteiger partial charge in [0.1, 0.15) is 12.1 Å². The van der Waals surface area contributed by atoms with Gasteiger partial charge in [0.05, 0.1) is 0 Å². The third-order valence-electron chi connectivity index (χ3n) is 4.14. The average molecular weight is 252 g/mol. The van der Waals surface area contributed by atoms with Crippen LogP contribution >= 0.6 is 0 Å². The maximum atomic E-state index is 12.5. The number of hydrogen-bond acceptors (Lipinski definition) is 2. The number of nitrogens with zero attached hydrogens (tertiary/aromatic N) is 2. The Balaban J connectivity index is 2.19. The molecule has 2 amide bonds. The third-order valence-corrected chi connectivity index (χ3v) is 4.14. The first-order valence-corrected chi connectivity index (χ1v) is 7.06. The molecule has 3 atom stereocenters. The molecule has 0 spiro atoms. The summed E-state index contributed by atoms with van der Waals surface area (Å²) in [5.74, 6) is 0.831. The highest BCUT2D eigenvalue weighted by Gasteiger charge is 2.47. The van der Waals surface area contributed by atoms with E-state index >= 15 is 0 Å². The Bertz CT molecular complexity index is 354. The van der Waals surface area contributed by atoms with Crippen molar-refractivity contribution in [2.75, 3.05) is 6.54 Å². The fourth-order valence-corrected chi connectivity index (χ4v) is 3.40. The summed E-state index contributed by atoms with van der Waals surface area (Å²) in [6, 6.07) is -0.317. The van der Waals surface area contributed by atoms with Crippen LogP contribution in [0.2, 0.25) is 0 Å². The van der Waals surface area contributed by atoms with E-state index in [0.717, 1.165) is 25.8 Å². The second-order valence-electron chi connectivity index (χ2n) is 6.09. The van der Waals surface area contributed by atoms with Gasteiger partial charge < -0.3 is 9.80 Å². The van der Waals surface area contributed by atoms with Gasteiger partial charge in [0.25, 0.3) is 0 Å². The van der Waals surface area contributed by atoms with Gasteiger partial charge in [-0.15, -0.1) is 0 Å². The van der Waals surface area contributed by atoms with Crippen LogP contribution in [-0.2, 0) is 9.59 Å². The van der Waals surface area contributed by atoms with Crippen molar-refractivity contribution >= 4 is 11.8 Å². The molecule has 0 aliphatic carbocycles. The summed E-state index contributed by atoms with van der Waals surface area (Å²) in [5, 5.41) is 0. The van der Waals surface area contributed by atoms with Crippen LogP contribution in [0, 0.1) is 5.92 Å². The van der Waals surface area contributed by atoms with Crippen LogP contribution in [0.15, 0.2) is 0 Å². The molecule has 0 bridgehead atoms. The van der Waals surface area contributed by atoms with Crippen LogP contribution in [0.1, 0.15) is 47.0 Å². The Morgan fingerprint density at radius 2 is 1.89 bits per heavy atom. The fourth-order valence-electron chi connectivity index (χ4n) is 3.40. The second kappa shape index (κ2) is 4.90. The number of carbonyl (C=O) groups excluding carboxylic acids is 2. The van der Waals surface area contributed by atoms with Crippen molar-refractivity contribution in [3.05, 3.63) is 0 Å². The first kappa shape index (κ1) is 13.4. The zero-order chi connectivity index (χ0) is 13.4. The predicted octanol–water partition coefficient (Wildman–Crippen LogP) is 1.64. The zero-order valence-electron chi connectivity index (χ0n) is 11.8. The molecular weight excluding hydrogens is 228 g/mol. The summed E-state index contributed by atoms with van der Waals surface area (Å²) in [6.45, 7) is 8.99. The summed E-state index contributed by atoms with van der Waals surface area (Å²) in [7, 11) is 0. The van der Waals surface area contributed by atoms with Gasteiger partial charge in [0, 0.05) is 12.6 Å². The standard InChI is InChI=1S/C14H24N2O2/c1-9(2)8-10(3)16-11(4)13(17)15-7-5-6-12(15)14(16)18/h9-12H,5-8H2,1-4H3. The van der Waals surface area contributed by atoms with Gasteiger partial charge >= 0.3 is 0 Å². The SMILES string of the molecule is CC(C)CC(C)N1C(=O)C2CCCN2C(=O)C1C. The largest absolute Gasteiger partial charge is 0.329 e. The first-order valence-electron chi connectivity index (χ1n) is 7.06. The van der Waals surface area contributed by atoms with Gasteiger partial charge in [-0.2, -0.15) is 0 Å². The molecule has 0 aromatic carbocycles. The van der Waals surface area contributed by atoms with E-state index in [0.29, 0.717) is 5.92 Å². The first-order chi connectivity index (χ1) is 8.43. The van der Waals surface area contributed by atoms with Gasteiger partial charge in [0.15, 0.2) is 0 Å². The van der Waals surface area contributed by atoms with Crippen molar-refractivity contribution in [2.45, 2.75) is 65.1 Å². The van der Waals surface area contributed by atoms with E-state index in [1.54, 1.807) is 4.90 Å². The van der Waals surface area contributed by atoms with Crippen LogP contribution in [0.25, 0.3) is 0 Å². The molecule has 18 heavy (non-hydrogen) atoms. The molecule has 0 aromatic rings. The summed E-state index contributed by atoms with van der Waals surface area (Å²) >= 11 is 0. The Morgan fingerprint density at radius 3 is 2.50 bits per heavy atom. The Labute approximate surface area is 109 Å². The van der Waals surface area contributed by atoms with Crippen LogP contribution in [0.4, 0.5) is 0 Å². The van der Waals surface area contributed by atoms with E-state index in [2.05, 4.69) is 20.8 Å². The highest BCUT2D eigenvalue weighted by atomic mass is 16.2. The van der Waals surface area contributed by atoms with Crippen LogP contribution in [0.5, 0.6) is 0 Å². The number of amides is 2. The van der Waals surface area contributed by atoms with E-state index in [-0.39, 0.29) is 29.9 Å². The fraction of sp³-hybridized carbons (Fsp3) is 0.857. The summed E-state index contributed by atoms with van der Waals surface area (Å²) < 4.78 is 0. The lowest BCUT2D eigenvalue weighted by molar-refractivity contribution is -0.161. The van der Waals surface area contributed by atoms with Gasteiger partial charge in [-0.1, -0.05) is 13.8 Å². The highest BCUT2D eigenvalue weighted by molar-refractivity contribution is 5.97. The van der Waals surface area contributed by atoms with Crippen molar-refractivity contribution in [1.29, 1.82) is 0 Å². The number of fused-ring (bicyclic) bond motifs is 1. The van der Waals surface area contributed by atoms with Gasteiger partial charge in [-0.3, -0.25) is 9.59 Å². The van der Waals surface area contributed by atoms with E-state index in [4.69, 9.17) is 0 Å². The summed E-state index contributed by atoms with van der Waals surface area (Å²) in [6.07, 6.45) is 2.75. The smallest absolute Gasteiger partial charge is 0.246 e. The number of piperazine rings is 1. The van der Waals surface area contributed by atoms with E-state index in [9.17, 15) is 9.59 Å². The Kier molecular flexibility index (Phi) is 3.64. The number of carbonyl (C=O) groups is 2. The number of rotatable bonds is 3. The summed E-state index contributed by atoms with van der Waals surface area (Å²) in [4.78, 5) is 28.4. The predicted molar refractivity (Wildman–Crippen MR) is 70.0 cm³/mol. The highest BCUT2D eigenvalue weighted by Crippen LogP contribution is 2.29. The van der Waals surface area contributed by atoms with Gasteiger partial charge in [-0.25, -0.2) is 0 Å². The monoisotopic (exact) mass is 252 g/mol. The maximum absolute atomic E-state index is 12.5. The van der Waals surface area contributed by atoms with E-state index < -0.39 is 0 Å². The molecule has 0 saturated carbocycles. The normalized spacial score (nSPS) is 30.1. The van der Waals surface area contributed by atoms with E-state index in [1.165, 1.54) is 0 Å². The van der Waals surface area contributed by atoms with Gasteiger partial charge in [-0.05, 0) is 39.0 Å². The molecule has 4 heteroatoms. The quantitative estimate of drug-likeness (QED) is 0.766. The lowest BCUT2D eigenvalue weighted by atomic mass is 9.98. The van der Waals surface area contributed by atoms with Crippen molar-refractivity contribution in [1.82, 2.24) is 9.80 Å². The van der Waals surface area contributed by atoms with Crippen molar-refractivity contribution in [3.63, 3.8) is 0 Å². The van der Waals surface area contributed by atoms with Crippen molar-refractivity contribution in [3.8, 4) is 0 Å². The molecule has 2 saturated heterocycles. The molecule has 0 aromatic heterocycles. The minimum Gasteiger partial charge on any atom is -0.329 e. The molecule has 0 radical (unpaired) electrons. The minimum atomic E-state index is -0.291. The van der Waals surface area contributed by atoms with Crippen LogP contribution < -0.4 is 0 Å². The summed E-state index contributed by atoms with van der Waals surface area (Å²) in [5.41, 5.74) is 0. The minimum absolute atomic E-state index is 0.132. The molecule has 2 aliphatic heterocycles. The topological polar surface area (TPSA) is 40.6 Å².